The third-order valence-corrected chi connectivity index (χ3v) is 2.81. The number of nitrogens with one attached hydrogen (secondary N) is 2. The van der Waals surface area contributed by atoms with Crippen LogP contribution < -0.4 is 10.6 Å². The van der Waals surface area contributed by atoms with Gasteiger partial charge in [-0.1, -0.05) is 6.42 Å². The second-order valence-corrected chi connectivity index (χ2v) is 4.54. The van der Waals surface area contributed by atoms with Gasteiger partial charge in [0, 0.05) is 18.6 Å². The average molecular weight is 200 g/mol. The monoisotopic (exact) mass is 200 g/mol. The Balaban J connectivity index is 2.09. The molecule has 3 atom stereocenters. The predicted molar refractivity (Wildman–Crippen MR) is 59.4 cm³/mol. The summed E-state index contributed by atoms with van der Waals surface area (Å²) in [6.07, 6.45) is 4.93. The van der Waals surface area contributed by atoms with Crippen LogP contribution in [-0.2, 0) is 0 Å². The smallest absolute Gasteiger partial charge is 0.0636 e. The molecule has 3 unspecified atom stereocenters. The molecule has 0 aromatic rings. The van der Waals surface area contributed by atoms with Crippen LogP contribution in [0.4, 0.5) is 0 Å². The van der Waals surface area contributed by atoms with Crippen molar-refractivity contribution >= 4 is 0 Å². The fourth-order valence-electron chi connectivity index (χ4n) is 2.01. The zero-order valence-electron chi connectivity index (χ0n) is 9.42. The highest BCUT2D eigenvalue weighted by molar-refractivity contribution is 4.77. The van der Waals surface area contributed by atoms with Gasteiger partial charge in [0.15, 0.2) is 0 Å². The molecule has 0 bridgehead atoms. The van der Waals surface area contributed by atoms with Crippen molar-refractivity contribution in [3.05, 3.63) is 0 Å². The van der Waals surface area contributed by atoms with Gasteiger partial charge in [-0.15, -0.1) is 0 Å². The van der Waals surface area contributed by atoms with Crippen molar-refractivity contribution in [1.29, 1.82) is 0 Å². The third kappa shape index (κ3) is 4.94. The van der Waals surface area contributed by atoms with Crippen LogP contribution in [0.1, 0.15) is 39.5 Å². The van der Waals surface area contributed by atoms with Gasteiger partial charge in [-0.3, -0.25) is 0 Å². The molecule has 1 aliphatic heterocycles. The Hall–Kier alpha value is -0.120. The summed E-state index contributed by atoms with van der Waals surface area (Å²) >= 11 is 0. The number of aliphatic hydroxyl groups excluding tert-OH is 1. The zero-order chi connectivity index (χ0) is 10.4. The van der Waals surface area contributed by atoms with E-state index in [9.17, 15) is 0 Å². The highest BCUT2D eigenvalue weighted by atomic mass is 16.3. The molecule has 1 saturated heterocycles. The molecule has 0 saturated carbocycles. The highest BCUT2D eigenvalue weighted by Gasteiger charge is 2.15. The number of rotatable bonds is 5. The lowest BCUT2D eigenvalue weighted by Crippen LogP contribution is -2.41. The number of aliphatic hydroxyl groups is 1. The standard InChI is InChI=1S/C11H24N2O/c1-9(13-8-10(2)14)7-11-5-3-4-6-12-11/h9-14H,3-8H2,1-2H3. The van der Waals surface area contributed by atoms with Crippen LogP contribution in [0.5, 0.6) is 0 Å². The summed E-state index contributed by atoms with van der Waals surface area (Å²) in [5, 5.41) is 16.0. The molecule has 0 amide bonds. The second kappa shape index (κ2) is 6.38. The molecule has 3 heteroatoms. The fraction of sp³-hybridized carbons (Fsp3) is 1.00. The van der Waals surface area contributed by atoms with Gasteiger partial charge in [0.2, 0.25) is 0 Å². The Bertz CT molecular complexity index is 144. The summed E-state index contributed by atoms with van der Waals surface area (Å²) in [7, 11) is 0. The third-order valence-electron chi connectivity index (χ3n) is 2.81. The van der Waals surface area contributed by atoms with E-state index in [0.29, 0.717) is 18.6 Å². The van der Waals surface area contributed by atoms with Crippen molar-refractivity contribution in [1.82, 2.24) is 10.6 Å². The van der Waals surface area contributed by atoms with Crippen LogP contribution in [0.25, 0.3) is 0 Å². The molecule has 0 aromatic heterocycles. The van der Waals surface area contributed by atoms with E-state index in [1.165, 1.54) is 32.2 Å². The van der Waals surface area contributed by atoms with E-state index >= 15 is 0 Å². The van der Waals surface area contributed by atoms with Crippen LogP contribution >= 0.6 is 0 Å². The molecule has 0 aromatic carbocycles. The van der Waals surface area contributed by atoms with E-state index in [4.69, 9.17) is 5.11 Å². The maximum Gasteiger partial charge on any atom is 0.0636 e. The van der Waals surface area contributed by atoms with Gasteiger partial charge in [-0.25, -0.2) is 0 Å². The van der Waals surface area contributed by atoms with E-state index in [1.807, 2.05) is 6.92 Å². The number of piperidine rings is 1. The summed E-state index contributed by atoms with van der Waals surface area (Å²) in [6.45, 7) is 5.89. The Morgan fingerprint density at radius 3 is 2.79 bits per heavy atom. The van der Waals surface area contributed by atoms with Crippen LogP contribution in [0, 0.1) is 0 Å². The molecule has 3 N–H and O–H groups in total. The van der Waals surface area contributed by atoms with Gasteiger partial charge < -0.3 is 15.7 Å². The molecule has 0 radical (unpaired) electrons. The van der Waals surface area contributed by atoms with Crippen molar-refractivity contribution in [3.8, 4) is 0 Å². The van der Waals surface area contributed by atoms with Crippen molar-refractivity contribution in [2.75, 3.05) is 13.1 Å². The Morgan fingerprint density at radius 1 is 1.43 bits per heavy atom. The first-order chi connectivity index (χ1) is 6.68. The van der Waals surface area contributed by atoms with Crippen LogP contribution in [0.3, 0.4) is 0 Å². The summed E-state index contributed by atoms with van der Waals surface area (Å²) < 4.78 is 0. The number of hydrogen-bond acceptors (Lipinski definition) is 3. The van der Waals surface area contributed by atoms with Crippen molar-refractivity contribution in [2.45, 2.75) is 57.7 Å². The molecule has 0 spiro atoms. The van der Waals surface area contributed by atoms with E-state index in [-0.39, 0.29) is 6.10 Å². The van der Waals surface area contributed by atoms with Gasteiger partial charge in [0.25, 0.3) is 0 Å². The molecule has 3 nitrogen and oxygen atoms in total. The predicted octanol–water partition coefficient (Wildman–Crippen LogP) is 0.877. The molecule has 0 aliphatic carbocycles. The van der Waals surface area contributed by atoms with Crippen LogP contribution in [0.15, 0.2) is 0 Å². The highest BCUT2D eigenvalue weighted by Crippen LogP contribution is 2.11. The fourth-order valence-corrected chi connectivity index (χ4v) is 2.01. The van der Waals surface area contributed by atoms with E-state index in [1.54, 1.807) is 0 Å². The second-order valence-electron chi connectivity index (χ2n) is 4.54. The van der Waals surface area contributed by atoms with Crippen molar-refractivity contribution in [2.24, 2.45) is 0 Å². The van der Waals surface area contributed by atoms with Gasteiger partial charge in [0.05, 0.1) is 6.10 Å². The van der Waals surface area contributed by atoms with Crippen LogP contribution in [-0.4, -0.2) is 36.4 Å². The Kier molecular flexibility index (Phi) is 5.45. The SMILES string of the molecule is CC(O)CNC(C)CC1CCCCN1. The van der Waals surface area contributed by atoms with Gasteiger partial charge >= 0.3 is 0 Å². The van der Waals surface area contributed by atoms with Crippen molar-refractivity contribution < 1.29 is 5.11 Å². The topological polar surface area (TPSA) is 44.3 Å². The molecule has 84 valence electrons. The maximum absolute atomic E-state index is 9.13. The molecule has 1 fully saturated rings. The summed E-state index contributed by atoms with van der Waals surface area (Å²) in [4.78, 5) is 0. The quantitative estimate of drug-likeness (QED) is 0.617. The first kappa shape index (κ1) is 12.0. The minimum atomic E-state index is -0.239. The molecular formula is C11H24N2O. The van der Waals surface area contributed by atoms with Gasteiger partial charge in [-0.2, -0.15) is 0 Å². The lowest BCUT2D eigenvalue weighted by Gasteiger charge is -2.26. The average Bonchev–Trinajstić information content (AvgIpc) is 2.16. The molecule has 1 rings (SSSR count). The van der Waals surface area contributed by atoms with Crippen LogP contribution in [0.2, 0.25) is 0 Å². The lowest BCUT2D eigenvalue weighted by atomic mass is 9.99. The first-order valence-corrected chi connectivity index (χ1v) is 5.83. The minimum absolute atomic E-state index is 0.239. The van der Waals surface area contributed by atoms with E-state index < -0.39 is 0 Å². The lowest BCUT2D eigenvalue weighted by molar-refractivity contribution is 0.184. The van der Waals surface area contributed by atoms with E-state index in [2.05, 4.69) is 17.6 Å². The maximum atomic E-state index is 9.13. The van der Waals surface area contributed by atoms with Crippen molar-refractivity contribution in [3.63, 3.8) is 0 Å². The normalized spacial score (nSPS) is 27.2. The van der Waals surface area contributed by atoms with Gasteiger partial charge in [0.1, 0.15) is 0 Å². The molecular weight excluding hydrogens is 176 g/mol. The summed E-state index contributed by atoms with van der Waals surface area (Å²) in [6, 6.07) is 1.18. The summed E-state index contributed by atoms with van der Waals surface area (Å²) in [5.41, 5.74) is 0. The zero-order valence-corrected chi connectivity index (χ0v) is 9.42. The summed E-state index contributed by atoms with van der Waals surface area (Å²) in [5.74, 6) is 0. The number of hydrogen-bond donors (Lipinski definition) is 3. The largest absolute Gasteiger partial charge is 0.392 e. The minimum Gasteiger partial charge on any atom is -0.392 e. The van der Waals surface area contributed by atoms with Gasteiger partial charge in [-0.05, 0) is 39.7 Å². The Morgan fingerprint density at radius 2 is 2.21 bits per heavy atom. The molecule has 1 aliphatic rings. The Labute approximate surface area is 87.3 Å². The molecule has 1 heterocycles. The first-order valence-electron chi connectivity index (χ1n) is 5.83. The van der Waals surface area contributed by atoms with E-state index in [0.717, 1.165) is 0 Å². The molecule has 14 heavy (non-hydrogen) atoms.